The smallest absolute Gasteiger partial charge is 0.259 e. The average Bonchev–Trinajstić information content (AvgIpc) is 2.35. The van der Waals surface area contributed by atoms with Gasteiger partial charge in [0.25, 0.3) is 5.91 Å². The van der Waals surface area contributed by atoms with Crippen LogP contribution >= 0.6 is 0 Å². The fraction of sp³-hybridized carbons (Fsp3) is 0.462. The van der Waals surface area contributed by atoms with E-state index in [1.54, 1.807) is 27.3 Å². The molecule has 4 heteroatoms. The highest BCUT2D eigenvalue weighted by Crippen LogP contribution is 2.23. The largest absolute Gasteiger partial charge is 0.497 e. The van der Waals surface area contributed by atoms with Crippen molar-refractivity contribution in [3.8, 4) is 11.5 Å². The molecule has 0 atom stereocenters. The number of methoxy groups -OCH3 is 1. The van der Waals surface area contributed by atoms with Crippen molar-refractivity contribution < 1.29 is 14.3 Å². The molecule has 0 aromatic heterocycles. The van der Waals surface area contributed by atoms with Crippen LogP contribution in [0.4, 0.5) is 0 Å². The molecule has 0 unspecified atom stereocenters. The van der Waals surface area contributed by atoms with E-state index in [0.717, 1.165) is 17.7 Å². The van der Waals surface area contributed by atoms with Gasteiger partial charge < -0.3 is 14.4 Å². The summed E-state index contributed by atoms with van der Waals surface area (Å²) >= 11 is 0. The third-order valence-corrected chi connectivity index (χ3v) is 2.44. The molecule has 1 amide bonds. The predicted molar refractivity (Wildman–Crippen MR) is 66.6 cm³/mol. The Morgan fingerprint density at radius 1 is 1.24 bits per heavy atom. The number of hydrogen-bond acceptors (Lipinski definition) is 3. The molecular weight excluding hydrogens is 218 g/mol. The van der Waals surface area contributed by atoms with E-state index in [2.05, 4.69) is 6.92 Å². The first-order chi connectivity index (χ1) is 8.06. The minimum absolute atomic E-state index is 0.0450. The molecule has 0 saturated carbocycles. The number of nitrogens with zero attached hydrogens (tertiary/aromatic N) is 1. The number of likely N-dealkylation sites (N-methyl/N-ethyl adjacent to an activating group) is 1. The SMILES string of the molecule is CCc1cc(OC)cc(OCC(=O)N(C)C)c1. The Kier molecular flexibility index (Phi) is 4.82. The average molecular weight is 237 g/mol. The van der Waals surface area contributed by atoms with Crippen LogP contribution in [0, 0.1) is 0 Å². The van der Waals surface area contributed by atoms with Gasteiger partial charge in [0.2, 0.25) is 0 Å². The Bertz CT molecular complexity index is 366. The molecular formula is C13H19NO3. The molecule has 1 aromatic rings. The Morgan fingerprint density at radius 3 is 2.41 bits per heavy atom. The molecule has 1 aromatic carbocycles. The maximum atomic E-state index is 11.4. The molecule has 0 aliphatic rings. The monoisotopic (exact) mass is 237 g/mol. The molecule has 0 aliphatic carbocycles. The summed E-state index contributed by atoms with van der Waals surface area (Å²) < 4.78 is 10.6. The molecule has 0 heterocycles. The van der Waals surface area contributed by atoms with Gasteiger partial charge in [-0.15, -0.1) is 0 Å². The van der Waals surface area contributed by atoms with Crippen molar-refractivity contribution in [2.24, 2.45) is 0 Å². The zero-order valence-electron chi connectivity index (χ0n) is 10.8. The summed E-state index contributed by atoms with van der Waals surface area (Å²) in [5.74, 6) is 1.35. The van der Waals surface area contributed by atoms with Crippen molar-refractivity contribution in [1.82, 2.24) is 4.90 Å². The van der Waals surface area contributed by atoms with Crippen molar-refractivity contribution in [2.75, 3.05) is 27.8 Å². The van der Waals surface area contributed by atoms with Crippen LogP contribution in [0.3, 0.4) is 0 Å². The summed E-state index contributed by atoms with van der Waals surface area (Å²) in [5, 5.41) is 0. The van der Waals surface area contributed by atoms with Crippen molar-refractivity contribution in [3.05, 3.63) is 23.8 Å². The molecule has 17 heavy (non-hydrogen) atoms. The number of carbonyl (C=O) groups excluding carboxylic acids is 1. The topological polar surface area (TPSA) is 38.8 Å². The molecule has 0 N–H and O–H groups in total. The Labute approximate surface area is 102 Å². The molecule has 0 aliphatic heterocycles. The maximum absolute atomic E-state index is 11.4. The van der Waals surface area contributed by atoms with Crippen LogP contribution in [0.2, 0.25) is 0 Å². The second-order valence-corrected chi connectivity index (χ2v) is 3.95. The van der Waals surface area contributed by atoms with E-state index in [9.17, 15) is 4.79 Å². The Morgan fingerprint density at radius 2 is 1.88 bits per heavy atom. The van der Waals surface area contributed by atoms with Gasteiger partial charge in [-0.25, -0.2) is 0 Å². The van der Waals surface area contributed by atoms with E-state index in [0.29, 0.717) is 5.75 Å². The van der Waals surface area contributed by atoms with Crippen molar-refractivity contribution in [1.29, 1.82) is 0 Å². The normalized spacial score (nSPS) is 9.88. The quantitative estimate of drug-likeness (QED) is 0.782. The number of ether oxygens (including phenoxy) is 2. The molecule has 4 nitrogen and oxygen atoms in total. The van der Waals surface area contributed by atoms with Gasteiger partial charge in [0.15, 0.2) is 6.61 Å². The lowest BCUT2D eigenvalue weighted by Gasteiger charge is -2.12. The first-order valence-electron chi connectivity index (χ1n) is 5.57. The minimum Gasteiger partial charge on any atom is -0.497 e. The van der Waals surface area contributed by atoms with Gasteiger partial charge in [-0.1, -0.05) is 6.92 Å². The zero-order valence-corrected chi connectivity index (χ0v) is 10.8. The van der Waals surface area contributed by atoms with Crippen LogP contribution < -0.4 is 9.47 Å². The molecule has 94 valence electrons. The van der Waals surface area contributed by atoms with Gasteiger partial charge in [0.1, 0.15) is 11.5 Å². The standard InChI is InChI=1S/C13H19NO3/c1-5-10-6-11(16-4)8-12(7-10)17-9-13(15)14(2)3/h6-8H,5,9H2,1-4H3. The van der Waals surface area contributed by atoms with E-state index in [4.69, 9.17) is 9.47 Å². The van der Waals surface area contributed by atoms with Gasteiger partial charge >= 0.3 is 0 Å². The van der Waals surface area contributed by atoms with Gasteiger partial charge in [0.05, 0.1) is 7.11 Å². The second-order valence-electron chi connectivity index (χ2n) is 3.95. The fourth-order valence-electron chi connectivity index (χ4n) is 1.31. The molecule has 0 fully saturated rings. The second kappa shape index (κ2) is 6.13. The summed E-state index contributed by atoms with van der Waals surface area (Å²) in [6, 6.07) is 5.66. The van der Waals surface area contributed by atoms with Gasteiger partial charge in [0, 0.05) is 20.2 Å². The minimum atomic E-state index is -0.0640. The summed E-state index contributed by atoms with van der Waals surface area (Å²) in [4.78, 5) is 12.9. The lowest BCUT2D eigenvalue weighted by atomic mass is 10.1. The van der Waals surface area contributed by atoms with Gasteiger partial charge in [-0.3, -0.25) is 4.79 Å². The predicted octanol–water partition coefficient (Wildman–Crippen LogP) is 1.72. The number of amides is 1. The third-order valence-electron chi connectivity index (χ3n) is 2.44. The molecule has 0 radical (unpaired) electrons. The van der Waals surface area contributed by atoms with Crippen LogP contribution in [-0.2, 0) is 11.2 Å². The zero-order chi connectivity index (χ0) is 12.8. The van der Waals surface area contributed by atoms with Crippen molar-refractivity contribution in [3.63, 3.8) is 0 Å². The number of rotatable bonds is 5. The van der Waals surface area contributed by atoms with Crippen molar-refractivity contribution >= 4 is 5.91 Å². The van der Waals surface area contributed by atoms with Gasteiger partial charge in [-0.05, 0) is 24.1 Å². The summed E-state index contributed by atoms with van der Waals surface area (Å²) in [5.41, 5.74) is 1.12. The highest BCUT2D eigenvalue weighted by Gasteiger charge is 2.06. The summed E-state index contributed by atoms with van der Waals surface area (Å²) in [7, 11) is 5.02. The van der Waals surface area contributed by atoms with E-state index in [-0.39, 0.29) is 12.5 Å². The summed E-state index contributed by atoms with van der Waals surface area (Å²) in [6.07, 6.45) is 0.898. The first kappa shape index (κ1) is 13.4. The Balaban J connectivity index is 2.73. The lowest BCUT2D eigenvalue weighted by molar-refractivity contribution is -0.130. The maximum Gasteiger partial charge on any atom is 0.259 e. The fourth-order valence-corrected chi connectivity index (χ4v) is 1.31. The van der Waals surface area contributed by atoms with Crippen molar-refractivity contribution in [2.45, 2.75) is 13.3 Å². The highest BCUT2D eigenvalue weighted by atomic mass is 16.5. The molecule has 1 rings (SSSR count). The lowest BCUT2D eigenvalue weighted by Crippen LogP contribution is -2.27. The van der Waals surface area contributed by atoms with E-state index < -0.39 is 0 Å². The van der Waals surface area contributed by atoms with E-state index >= 15 is 0 Å². The molecule has 0 saturated heterocycles. The van der Waals surface area contributed by atoms with E-state index in [1.807, 2.05) is 12.1 Å². The highest BCUT2D eigenvalue weighted by molar-refractivity contribution is 5.77. The number of hydrogen-bond donors (Lipinski definition) is 0. The first-order valence-corrected chi connectivity index (χ1v) is 5.57. The molecule has 0 bridgehead atoms. The van der Waals surface area contributed by atoms with Crippen LogP contribution in [0.15, 0.2) is 18.2 Å². The van der Waals surface area contributed by atoms with Crippen LogP contribution in [0.25, 0.3) is 0 Å². The number of aryl methyl sites for hydroxylation is 1. The van der Waals surface area contributed by atoms with Gasteiger partial charge in [-0.2, -0.15) is 0 Å². The van der Waals surface area contributed by atoms with E-state index in [1.165, 1.54) is 4.90 Å². The van der Waals surface area contributed by atoms with Crippen LogP contribution in [0.1, 0.15) is 12.5 Å². The Hall–Kier alpha value is -1.71. The van der Waals surface area contributed by atoms with Crippen LogP contribution in [0.5, 0.6) is 11.5 Å². The number of benzene rings is 1. The third kappa shape index (κ3) is 3.98. The molecule has 0 spiro atoms. The summed E-state index contributed by atoms with van der Waals surface area (Å²) in [6.45, 7) is 2.10. The number of carbonyl (C=O) groups is 1. The van der Waals surface area contributed by atoms with Crippen LogP contribution in [-0.4, -0.2) is 38.6 Å².